The Morgan fingerprint density at radius 1 is 1.38 bits per heavy atom. The highest BCUT2D eigenvalue weighted by atomic mass is 16.2. The molecule has 1 aliphatic rings. The van der Waals surface area contributed by atoms with Crippen LogP contribution in [0.5, 0.6) is 0 Å². The van der Waals surface area contributed by atoms with E-state index in [0.717, 1.165) is 25.1 Å². The van der Waals surface area contributed by atoms with Crippen molar-refractivity contribution in [1.29, 1.82) is 0 Å². The van der Waals surface area contributed by atoms with Gasteiger partial charge in [-0.05, 0) is 38.3 Å². The average molecular weight is 218 g/mol. The predicted molar refractivity (Wildman–Crippen MR) is 65.8 cm³/mol. The van der Waals surface area contributed by atoms with Crippen molar-refractivity contribution < 1.29 is 4.79 Å². The lowest BCUT2D eigenvalue weighted by molar-refractivity contribution is 0.243. The Balaban J connectivity index is 2.21. The number of rotatable bonds is 1. The number of amides is 2. The summed E-state index contributed by atoms with van der Waals surface area (Å²) in [4.78, 5) is 13.8. The van der Waals surface area contributed by atoms with Gasteiger partial charge < -0.3 is 5.32 Å². The van der Waals surface area contributed by atoms with Gasteiger partial charge in [-0.15, -0.1) is 0 Å². The summed E-state index contributed by atoms with van der Waals surface area (Å²) in [5.74, 6) is 0. The molecule has 86 valence electrons. The molecule has 0 aliphatic carbocycles. The van der Waals surface area contributed by atoms with E-state index >= 15 is 0 Å². The Bertz CT molecular complexity index is 387. The maximum Gasteiger partial charge on any atom is 0.322 e. The molecule has 0 saturated heterocycles. The van der Waals surface area contributed by atoms with Crippen molar-refractivity contribution in [2.45, 2.75) is 32.7 Å². The number of carbonyl (C=O) groups excluding carboxylic acids is 1. The first-order valence-electron chi connectivity index (χ1n) is 5.84. The zero-order chi connectivity index (χ0) is 11.5. The molecular formula is C13H18N2O. The number of aryl methyl sites for hydroxylation is 1. The van der Waals surface area contributed by atoms with Gasteiger partial charge in [0.15, 0.2) is 0 Å². The molecule has 1 aliphatic heterocycles. The van der Waals surface area contributed by atoms with Crippen LogP contribution in [0.1, 0.15) is 25.8 Å². The summed E-state index contributed by atoms with van der Waals surface area (Å²) in [6.45, 7) is 4.77. The highest BCUT2D eigenvalue weighted by molar-refractivity contribution is 5.93. The molecule has 0 spiro atoms. The number of hydrogen-bond donors (Lipinski definition) is 1. The first-order chi connectivity index (χ1) is 7.68. The van der Waals surface area contributed by atoms with E-state index < -0.39 is 0 Å². The van der Waals surface area contributed by atoms with E-state index in [4.69, 9.17) is 0 Å². The van der Waals surface area contributed by atoms with E-state index in [-0.39, 0.29) is 12.1 Å². The lowest BCUT2D eigenvalue weighted by Crippen LogP contribution is -2.45. The van der Waals surface area contributed by atoms with Gasteiger partial charge in [-0.1, -0.05) is 18.2 Å². The fourth-order valence-electron chi connectivity index (χ4n) is 2.07. The Hall–Kier alpha value is -1.51. The number of urea groups is 1. The maximum atomic E-state index is 12.0. The number of nitrogens with zero attached hydrogens (tertiary/aromatic N) is 1. The van der Waals surface area contributed by atoms with Crippen molar-refractivity contribution >= 4 is 11.7 Å². The minimum absolute atomic E-state index is 0.0159. The van der Waals surface area contributed by atoms with Crippen LogP contribution in [0.2, 0.25) is 0 Å². The van der Waals surface area contributed by atoms with Crippen molar-refractivity contribution in [2.75, 3.05) is 11.4 Å². The van der Waals surface area contributed by atoms with Gasteiger partial charge in [0.05, 0.1) is 0 Å². The maximum absolute atomic E-state index is 12.0. The fourth-order valence-corrected chi connectivity index (χ4v) is 2.07. The predicted octanol–water partition coefficient (Wildman–Crippen LogP) is 2.56. The summed E-state index contributed by atoms with van der Waals surface area (Å²) < 4.78 is 0. The molecule has 1 aromatic rings. The first kappa shape index (κ1) is 11.0. The monoisotopic (exact) mass is 218 g/mol. The van der Waals surface area contributed by atoms with Gasteiger partial charge in [0.25, 0.3) is 0 Å². The van der Waals surface area contributed by atoms with Gasteiger partial charge in [0.2, 0.25) is 0 Å². The van der Waals surface area contributed by atoms with Crippen molar-refractivity contribution in [3.8, 4) is 0 Å². The van der Waals surface area contributed by atoms with Crippen LogP contribution < -0.4 is 10.2 Å². The van der Waals surface area contributed by atoms with Crippen LogP contribution in [0, 0.1) is 0 Å². The van der Waals surface area contributed by atoms with Crippen LogP contribution in [0.3, 0.4) is 0 Å². The van der Waals surface area contributed by atoms with E-state index in [1.807, 2.05) is 36.9 Å². The van der Waals surface area contributed by atoms with E-state index in [1.54, 1.807) is 0 Å². The molecule has 0 radical (unpaired) electrons. The smallest absolute Gasteiger partial charge is 0.322 e. The van der Waals surface area contributed by atoms with Crippen molar-refractivity contribution in [3.05, 3.63) is 29.8 Å². The van der Waals surface area contributed by atoms with Crippen LogP contribution in [0.4, 0.5) is 10.5 Å². The standard InChI is InChI=1S/C13H18N2O/c1-10(2)14-13(16)15-9-5-7-11-6-3-4-8-12(11)15/h3-4,6,8,10H,5,7,9H2,1-2H3,(H,14,16). The van der Waals surface area contributed by atoms with Crippen LogP contribution in [0.25, 0.3) is 0 Å². The summed E-state index contributed by atoms with van der Waals surface area (Å²) in [5.41, 5.74) is 2.33. The van der Waals surface area contributed by atoms with Gasteiger partial charge in [-0.3, -0.25) is 4.90 Å². The molecule has 1 heterocycles. The van der Waals surface area contributed by atoms with Crippen molar-refractivity contribution in [1.82, 2.24) is 5.32 Å². The Morgan fingerprint density at radius 2 is 2.12 bits per heavy atom. The van der Waals surface area contributed by atoms with Crippen LogP contribution in [-0.2, 0) is 6.42 Å². The Labute approximate surface area is 96.5 Å². The van der Waals surface area contributed by atoms with Gasteiger partial charge in [-0.25, -0.2) is 4.79 Å². The average Bonchev–Trinajstić information content (AvgIpc) is 2.27. The second-order valence-electron chi connectivity index (χ2n) is 4.49. The molecule has 0 unspecified atom stereocenters. The molecule has 1 aromatic carbocycles. The van der Waals surface area contributed by atoms with E-state index in [2.05, 4.69) is 11.4 Å². The molecular weight excluding hydrogens is 200 g/mol. The quantitative estimate of drug-likeness (QED) is 0.772. The van der Waals surface area contributed by atoms with Gasteiger partial charge >= 0.3 is 6.03 Å². The number of benzene rings is 1. The molecule has 3 heteroatoms. The molecule has 1 N–H and O–H groups in total. The largest absolute Gasteiger partial charge is 0.336 e. The molecule has 3 nitrogen and oxygen atoms in total. The number of hydrogen-bond acceptors (Lipinski definition) is 1. The van der Waals surface area contributed by atoms with Crippen molar-refractivity contribution in [3.63, 3.8) is 0 Å². The third-order valence-corrected chi connectivity index (χ3v) is 2.77. The summed E-state index contributed by atoms with van der Waals surface area (Å²) in [5, 5.41) is 2.94. The molecule has 16 heavy (non-hydrogen) atoms. The van der Waals surface area contributed by atoms with E-state index in [0.29, 0.717) is 0 Å². The highest BCUT2D eigenvalue weighted by Gasteiger charge is 2.21. The van der Waals surface area contributed by atoms with E-state index in [9.17, 15) is 4.79 Å². The summed E-state index contributed by atoms with van der Waals surface area (Å²) in [6, 6.07) is 8.34. The SMILES string of the molecule is CC(C)NC(=O)N1CCCc2ccccc21. The summed E-state index contributed by atoms with van der Waals surface area (Å²) in [7, 11) is 0. The molecule has 0 saturated carbocycles. The second kappa shape index (κ2) is 4.56. The number of carbonyl (C=O) groups is 1. The zero-order valence-electron chi connectivity index (χ0n) is 9.86. The minimum atomic E-state index is 0.0159. The summed E-state index contributed by atoms with van der Waals surface area (Å²) in [6.07, 6.45) is 2.12. The zero-order valence-corrected chi connectivity index (χ0v) is 9.86. The molecule has 0 fully saturated rings. The summed E-state index contributed by atoms with van der Waals surface area (Å²) >= 11 is 0. The van der Waals surface area contributed by atoms with Gasteiger partial charge in [0.1, 0.15) is 0 Å². The van der Waals surface area contributed by atoms with Gasteiger partial charge in [-0.2, -0.15) is 0 Å². The third kappa shape index (κ3) is 2.18. The number of anilines is 1. The number of para-hydroxylation sites is 1. The van der Waals surface area contributed by atoms with Crippen LogP contribution in [-0.4, -0.2) is 18.6 Å². The van der Waals surface area contributed by atoms with E-state index in [1.165, 1.54) is 5.56 Å². The molecule has 2 amide bonds. The minimum Gasteiger partial charge on any atom is -0.336 e. The highest BCUT2D eigenvalue weighted by Crippen LogP contribution is 2.26. The molecule has 0 aromatic heterocycles. The lowest BCUT2D eigenvalue weighted by atomic mass is 10.0. The number of nitrogens with one attached hydrogen (secondary N) is 1. The molecule has 0 bridgehead atoms. The molecule has 2 rings (SSSR count). The Morgan fingerprint density at radius 3 is 2.88 bits per heavy atom. The molecule has 0 atom stereocenters. The van der Waals surface area contributed by atoms with Gasteiger partial charge in [0, 0.05) is 18.3 Å². The van der Waals surface area contributed by atoms with Crippen LogP contribution >= 0.6 is 0 Å². The Kier molecular flexibility index (Phi) is 3.13. The first-order valence-corrected chi connectivity index (χ1v) is 5.84. The topological polar surface area (TPSA) is 32.3 Å². The number of fused-ring (bicyclic) bond motifs is 1. The van der Waals surface area contributed by atoms with Crippen molar-refractivity contribution in [2.24, 2.45) is 0 Å². The fraction of sp³-hybridized carbons (Fsp3) is 0.462. The normalized spacial score (nSPS) is 14.8. The van der Waals surface area contributed by atoms with Crippen LogP contribution in [0.15, 0.2) is 24.3 Å². The third-order valence-electron chi connectivity index (χ3n) is 2.77. The lowest BCUT2D eigenvalue weighted by Gasteiger charge is -2.30. The second-order valence-corrected chi connectivity index (χ2v) is 4.49.